The van der Waals surface area contributed by atoms with Gasteiger partial charge in [0, 0.05) is 19.5 Å². The van der Waals surface area contributed by atoms with Gasteiger partial charge in [-0.3, -0.25) is 5.41 Å². The Labute approximate surface area is 98.6 Å². The van der Waals surface area contributed by atoms with E-state index in [4.69, 9.17) is 11.1 Å². The molecule has 96 valence electrons. The van der Waals surface area contributed by atoms with E-state index in [1.54, 1.807) is 6.92 Å². The molecule has 0 aliphatic carbocycles. The molecule has 0 saturated carbocycles. The van der Waals surface area contributed by atoms with Crippen LogP contribution in [0.1, 0.15) is 34.1 Å². The fraction of sp³-hybridized carbons (Fsp3) is 0.900. The number of rotatable bonds is 5. The lowest BCUT2D eigenvalue weighted by Crippen LogP contribution is -2.41. The van der Waals surface area contributed by atoms with Crippen LogP contribution in [-0.4, -0.2) is 37.4 Å². The monoisotopic (exact) mass is 249 g/mol. The highest BCUT2D eigenvalue weighted by molar-refractivity contribution is 7.89. The zero-order valence-corrected chi connectivity index (χ0v) is 11.6. The van der Waals surface area contributed by atoms with Gasteiger partial charge in [0.05, 0.1) is 11.6 Å². The lowest BCUT2D eigenvalue weighted by molar-refractivity contribution is 0.377. The van der Waals surface area contributed by atoms with Crippen LogP contribution in [0.3, 0.4) is 0 Å². The minimum Gasteiger partial charge on any atom is -0.388 e. The fourth-order valence-corrected chi connectivity index (χ4v) is 3.29. The summed E-state index contributed by atoms with van der Waals surface area (Å²) >= 11 is 0. The van der Waals surface area contributed by atoms with Gasteiger partial charge in [0.1, 0.15) is 0 Å². The molecule has 0 saturated heterocycles. The van der Waals surface area contributed by atoms with Crippen molar-refractivity contribution in [2.75, 3.05) is 12.8 Å². The minimum absolute atomic E-state index is 0.00492. The summed E-state index contributed by atoms with van der Waals surface area (Å²) in [5.41, 5.74) is 4.99. The molecule has 0 heterocycles. The molecule has 0 aliphatic rings. The van der Waals surface area contributed by atoms with E-state index < -0.39 is 10.0 Å². The van der Waals surface area contributed by atoms with Crippen LogP contribution >= 0.6 is 0 Å². The average Bonchev–Trinajstić information content (AvgIpc) is 1.96. The third-order valence-corrected chi connectivity index (χ3v) is 4.66. The summed E-state index contributed by atoms with van der Waals surface area (Å²) in [6, 6.07) is -0.273. The van der Waals surface area contributed by atoms with Crippen molar-refractivity contribution >= 4 is 15.9 Å². The van der Waals surface area contributed by atoms with Gasteiger partial charge in [-0.15, -0.1) is 0 Å². The quantitative estimate of drug-likeness (QED) is 0.563. The van der Waals surface area contributed by atoms with Crippen LogP contribution in [0, 0.1) is 10.8 Å². The van der Waals surface area contributed by atoms with E-state index in [1.165, 1.54) is 11.4 Å². The smallest absolute Gasteiger partial charge is 0.214 e. The normalized spacial score (nSPS) is 15.1. The van der Waals surface area contributed by atoms with E-state index in [1.807, 2.05) is 20.8 Å². The molecule has 0 amide bonds. The molecule has 3 N–H and O–H groups in total. The van der Waals surface area contributed by atoms with Crippen molar-refractivity contribution < 1.29 is 8.42 Å². The van der Waals surface area contributed by atoms with Crippen LogP contribution in [0.5, 0.6) is 0 Å². The van der Waals surface area contributed by atoms with Gasteiger partial charge in [-0.2, -0.15) is 0 Å². The average molecular weight is 249 g/mol. The van der Waals surface area contributed by atoms with Crippen LogP contribution in [-0.2, 0) is 10.0 Å². The van der Waals surface area contributed by atoms with E-state index in [9.17, 15) is 8.42 Å². The number of amidine groups is 1. The zero-order valence-electron chi connectivity index (χ0n) is 10.7. The molecule has 1 unspecified atom stereocenters. The highest BCUT2D eigenvalue weighted by Gasteiger charge is 2.28. The van der Waals surface area contributed by atoms with Crippen molar-refractivity contribution in [2.45, 2.75) is 40.2 Å². The van der Waals surface area contributed by atoms with Crippen molar-refractivity contribution in [1.29, 1.82) is 5.41 Å². The highest BCUT2D eigenvalue weighted by atomic mass is 32.2. The van der Waals surface area contributed by atoms with Crippen LogP contribution in [0.2, 0.25) is 0 Å². The molecule has 0 spiro atoms. The van der Waals surface area contributed by atoms with Crippen LogP contribution in [0.4, 0.5) is 0 Å². The lowest BCUT2D eigenvalue weighted by atomic mass is 10.0. The van der Waals surface area contributed by atoms with Gasteiger partial charge in [-0.1, -0.05) is 20.8 Å². The maximum absolute atomic E-state index is 12.0. The van der Waals surface area contributed by atoms with Crippen LogP contribution in [0.15, 0.2) is 0 Å². The molecule has 0 aliphatic heterocycles. The molecule has 5 nitrogen and oxygen atoms in total. The molecule has 0 aromatic heterocycles. The largest absolute Gasteiger partial charge is 0.388 e. The molecule has 1 atom stereocenters. The molecular weight excluding hydrogens is 226 g/mol. The van der Waals surface area contributed by atoms with E-state index in [2.05, 4.69) is 0 Å². The molecule has 0 rings (SSSR count). The van der Waals surface area contributed by atoms with E-state index in [0.717, 1.165) is 0 Å². The first-order valence-electron chi connectivity index (χ1n) is 5.24. The van der Waals surface area contributed by atoms with E-state index >= 15 is 0 Å². The number of sulfonamides is 1. The molecule has 6 heteroatoms. The van der Waals surface area contributed by atoms with Crippen molar-refractivity contribution in [3.8, 4) is 0 Å². The second kappa shape index (κ2) is 5.14. The Bertz CT molecular complexity index is 344. The van der Waals surface area contributed by atoms with Crippen molar-refractivity contribution in [2.24, 2.45) is 11.1 Å². The summed E-state index contributed by atoms with van der Waals surface area (Å²) in [5, 5.41) is 7.16. The number of hydrogen-bond donors (Lipinski definition) is 2. The molecule has 0 aromatic carbocycles. The van der Waals surface area contributed by atoms with Gasteiger partial charge in [0.25, 0.3) is 0 Å². The third kappa shape index (κ3) is 5.46. The Morgan fingerprint density at radius 2 is 1.88 bits per heavy atom. The summed E-state index contributed by atoms with van der Waals surface area (Å²) < 4.78 is 25.3. The van der Waals surface area contributed by atoms with Crippen molar-refractivity contribution in [3.63, 3.8) is 0 Å². The standard InChI is InChI=1S/C10H23N3O2S/c1-8(6-9(11)12)13(5)16(14,15)7-10(2,3)4/h8H,6-7H2,1-5H3,(H3,11,12). The predicted molar refractivity (Wildman–Crippen MR) is 67.0 cm³/mol. The number of hydrogen-bond acceptors (Lipinski definition) is 3. The first-order valence-corrected chi connectivity index (χ1v) is 6.85. The lowest BCUT2D eigenvalue weighted by Gasteiger charge is -2.27. The maximum atomic E-state index is 12.0. The van der Waals surface area contributed by atoms with E-state index in [-0.39, 0.29) is 29.5 Å². The second-order valence-electron chi connectivity index (χ2n) is 5.41. The SMILES string of the molecule is CC(CC(=N)N)N(C)S(=O)(=O)CC(C)(C)C. The van der Waals surface area contributed by atoms with Gasteiger partial charge < -0.3 is 5.73 Å². The highest BCUT2D eigenvalue weighted by Crippen LogP contribution is 2.19. The van der Waals surface area contributed by atoms with Gasteiger partial charge in [0.15, 0.2) is 0 Å². The van der Waals surface area contributed by atoms with Crippen LogP contribution < -0.4 is 5.73 Å². The topological polar surface area (TPSA) is 87.2 Å². The Morgan fingerprint density at radius 1 is 1.44 bits per heavy atom. The molecule has 0 aromatic rings. The third-order valence-electron chi connectivity index (χ3n) is 2.19. The Hall–Kier alpha value is -0.620. The molecular formula is C10H23N3O2S. The summed E-state index contributed by atoms with van der Waals surface area (Å²) in [6.45, 7) is 7.40. The Balaban J connectivity index is 4.70. The summed E-state index contributed by atoms with van der Waals surface area (Å²) in [7, 11) is -1.75. The number of nitrogens with two attached hydrogens (primary N) is 1. The molecule has 0 radical (unpaired) electrons. The first kappa shape index (κ1) is 15.4. The molecule has 0 bridgehead atoms. The van der Waals surface area contributed by atoms with E-state index in [0.29, 0.717) is 0 Å². The molecule has 0 fully saturated rings. The summed E-state index contributed by atoms with van der Waals surface area (Å²) in [4.78, 5) is 0. The van der Waals surface area contributed by atoms with Gasteiger partial charge in [0.2, 0.25) is 10.0 Å². The Kier molecular flexibility index (Phi) is 4.94. The second-order valence-corrected chi connectivity index (χ2v) is 7.44. The van der Waals surface area contributed by atoms with Gasteiger partial charge >= 0.3 is 0 Å². The van der Waals surface area contributed by atoms with Gasteiger partial charge in [-0.05, 0) is 12.3 Å². The summed E-state index contributed by atoms with van der Waals surface area (Å²) in [6.07, 6.45) is 0.264. The summed E-state index contributed by atoms with van der Waals surface area (Å²) in [5.74, 6) is 0.101. The van der Waals surface area contributed by atoms with Crippen molar-refractivity contribution in [1.82, 2.24) is 4.31 Å². The minimum atomic E-state index is -3.28. The molecule has 16 heavy (non-hydrogen) atoms. The number of nitrogens with one attached hydrogen (secondary N) is 1. The van der Waals surface area contributed by atoms with Crippen LogP contribution in [0.25, 0.3) is 0 Å². The fourth-order valence-electron chi connectivity index (χ4n) is 1.37. The Morgan fingerprint density at radius 3 is 2.19 bits per heavy atom. The maximum Gasteiger partial charge on any atom is 0.214 e. The first-order chi connectivity index (χ1) is 6.96. The van der Waals surface area contributed by atoms with Gasteiger partial charge in [-0.25, -0.2) is 12.7 Å². The predicted octanol–water partition coefficient (Wildman–Crippen LogP) is 1.01. The zero-order chi connectivity index (χ0) is 13.1. The van der Waals surface area contributed by atoms with Crippen molar-refractivity contribution in [3.05, 3.63) is 0 Å². The number of nitrogens with zero attached hydrogens (tertiary/aromatic N) is 1.